The summed E-state index contributed by atoms with van der Waals surface area (Å²) in [6, 6.07) is 13.5. The zero-order valence-electron chi connectivity index (χ0n) is 13.1. The highest BCUT2D eigenvalue weighted by Gasteiger charge is 2.08. The van der Waals surface area contributed by atoms with Crippen molar-refractivity contribution >= 4 is 0 Å². The lowest BCUT2D eigenvalue weighted by Crippen LogP contribution is -2.01. The number of aryl methyl sites for hydroxylation is 1. The SMILES string of the molecule is Fc1cccc(Oc2ncccc2OCCCc2ccncc2)c1. The van der Waals surface area contributed by atoms with Crippen molar-refractivity contribution in [2.75, 3.05) is 6.61 Å². The summed E-state index contributed by atoms with van der Waals surface area (Å²) < 4.78 is 24.6. The Morgan fingerprint density at radius 3 is 2.67 bits per heavy atom. The van der Waals surface area contributed by atoms with Crippen LogP contribution < -0.4 is 9.47 Å². The predicted octanol–water partition coefficient (Wildman–Crippen LogP) is 4.42. The summed E-state index contributed by atoms with van der Waals surface area (Å²) in [5, 5.41) is 0. The highest BCUT2D eigenvalue weighted by Crippen LogP contribution is 2.29. The van der Waals surface area contributed by atoms with Crippen LogP contribution in [0.4, 0.5) is 4.39 Å². The van der Waals surface area contributed by atoms with Crippen LogP contribution in [0.25, 0.3) is 0 Å². The van der Waals surface area contributed by atoms with Gasteiger partial charge in [-0.3, -0.25) is 4.98 Å². The van der Waals surface area contributed by atoms with Gasteiger partial charge in [0.1, 0.15) is 11.6 Å². The topological polar surface area (TPSA) is 44.2 Å². The third kappa shape index (κ3) is 4.52. The first kappa shape index (κ1) is 15.9. The second kappa shape index (κ2) is 8.06. The first-order chi connectivity index (χ1) is 11.8. The minimum absolute atomic E-state index is 0.326. The molecule has 2 aromatic heterocycles. The van der Waals surface area contributed by atoms with Crippen molar-refractivity contribution in [3.05, 3.63) is 78.5 Å². The minimum Gasteiger partial charge on any atom is -0.488 e. The van der Waals surface area contributed by atoms with E-state index < -0.39 is 0 Å². The van der Waals surface area contributed by atoms with Crippen molar-refractivity contribution in [3.8, 4) is 17.4 Å². The standard InChI is InChI=1S/C19H17FN2O2/c20-16-5-1-6-17(14-16)24-19-18(7-2-10-22-19)23-13-3-4-15-8-11-21-12-9-15/h1-2,5-12,14H,3-4,13H2. The van der Waals surface area contributed by atoms with Gasteiger partial charge in [0, 0.05) is 24.7 Å². The smallest absolute Gasteiger partial charge is 0.262 e. The summed E-state index contributed by atoms with van der Waals surface area (Å²) >= 11 is 0. The number of halogens is 1. The molecule has 0 amide bonds. The third-order valence-electron chi connectivity index (χ3n) is 3.36. The number of benzene rings is 1. The highest BCUT2D eigenvalue weighted by atomic mass is 19.1. The van der Waals surface area contributed by atoms with Crippen LogP contribution in [0, 0.1) is 5.82 Å². The van der Waals surface area contributed by atoms with E-state index in [-0.39, 0.29) is 5.82 Å². The number of hydrogen-bond acceptors (Lipinski definition) is 4. The van der Waals surface area contributed by atoms with Gasteiger partial charge in [-0.1, -0.05) is 6.07 Å². The van der Waals surface area contributed by atoms with Crippen molar-refractivity contribution in [2.24, 2.45) is 0 Å². The number of hydrogen-bond donors (Lipinski definition) is 0. The second-order valence-electron chi connectivity index (χ2n) is 5.17. The Balaban J connectivity index is 1.58. The average molecular weight is 324 g/mol. The van der Waals surface area contributed by atoms with Gasteiger partial charge in [-0.2, -0.15) is 0 Å². The van der Waals surface area contributed by atoms with E-state index in [2.05, 4.69) is 9.97 Å². The molecule has 0 aliphatic rings. The second-order valence-corrected chi connectivity index (χ2v) is 5.17. The Morgan fingerprint density at radius 1 is 0.958 bits per heavy atom. The van der Waals surface area contributed by atoms with Gasteiger partial charge in [-0.05, 0) is 54.8 Å². The zero-order chi connectivity index (χ0) is 16.6. The minimum atomic E-state index is -0.358. The lowest BCUT2D eigenvalue weighted by atomic mass is 10.1. The number of nitrogens with zero attached hydrogens (tertiary/aromatic N) is 2. The van der Waals surface area contributed by atoms with Gasteiger partial charge >= 0.3 is 0 Å². The van der Waals surface area contributed by atoms with Crippen LogP contribution in [0.3, 0.4) is 0 Å². The first-order valence-electron chi connectivity index (χ1n) is 7.71. The van der Waals surface area contributed by atoms with Crippen LogP contribution in [0.2, 0.25) is 0 Å². The molecule has 0 N–H and O–H groups in total. The average Bonchev–Trinajstić information content (AvgIpc) is 2.61. The van der Waals surface area contributed by atoms with Crippen molar-refractivity contribution in [3.63, 3.8) is 0 Å². The molecule has 2 heterocycles. The molecule has 0 bridgehead atoms. The maximum absolute atomic E-state index is 13.2. The van der Waals surface area contributed by atoms with Crippen molar-refractivity contribution in [2.45, 2.75) is 12.8 Å². The van der Waals surface area contributed by atoms with Gasteiger partial charge in [0.05, 0.1) is 6.61 Å². The number of rotatable bonds is 7. The Labute approximate surface area is 139 Å². The largest absolute Gasteiger partial charge is 0.488 e. The van der Waals surface area contributed by atoms with E-state index in [1.807, 2.05) is 12.1 Å². The van der Waals surface area contributed by atoms with Gasteiger partial charge in [-0.15, -0.1) is 0 Å². The van der Waals surface area contributed by atoms with Crippen molar-refractivity contribution in [1.29, 1.82) is 0 Å². The summed E-state index contributed by atoms with van der Waals surface area (Å²) in [5.74, 6) is 0.891. The summed E-state index contributed by atoms with van der Waals surface area (Å²) in [7, 11) is 0. The van der Waals surface area contributed by atoms with Crippen LogP contribution >= 0.6 is 0 Å². The quantitative estimate of drug-likeness (QED) is 0.604. The maximum Gasteiger partial charge on any atom is 0.262 e. The van der Waals surface area contributed by atoms with Crippen LogP contribution in [0.15, 0.2) is 67.1 Å². The molecule has 24 heavy (non-hydrogen) atoms. The van der Waals surface area contributed by atoms with E-state index in [1.54, 1.807) is 42.9 Å². The fraction of sp³-hybridized carbons (Fsp3) is 0.158. The number of pyridine rings is 2. The molecule has 4 nitrogen and oxygen atoms in total. The molecule has 0 aliphatic heterocycles. The fourth-order valence-electron chi connectivity index (χ4n) is 2.21. The van der Waals surface area contributed by atoms with Crippen LogP contribution in [0.5, 0.6) is 17.4 Å². The molecule has 122 valence electrons. The zero-order valence-corrected chi connectivity index (χ0v) is 13.1. The summed E-state index contributed by atoms with van der Waals surface area (Å²) in [6.07, 6.45) is 6.93. The van der Waals surface area contributed by atoms with Gasteiger partial charge in [-0.25, -0.2) is 9.37 Å². The molecule has 1 aromatic carbocycles. The van der Waals surface area contributed by atoms with Crippen molar-refractivity contribution in [1.82, 2.24) is 9.97 Å². The Hall–Kier alpha value is -2.95. The first-order valence-corrected chi connectivity index (χ1v) is 7.71. The van der Waals surface area contributed by atoms with E-state index >= 15 is 0 Å². The lowest BCUT2D eigenvalue weighted by Gasteiger charge is -2.11. The van der Waals surface area contributed by atoms with Crippen molar-refractivity contribution < 1.29 is 13.9 Å². The molecule has 0 radical (unpaired) electrons. The maximum atomic E-state index is 13.2. The molecule has 5 heteroatoms. The van der Waals surface area contributed by atoms with Gasteiger partial charge in [0.25, 0.3) is 5.88 Å². The van der Waals surface area contributed by atoms with E-state index in [0.717, 1.165) is 12.8 Å². The lowest BCUT2D eigenvalue weighted by molar-refractivity contribution is 0.292. The van der Waals surface area contributed by atoms with Crippen LogP contribution in [-0.2, 0) is 6.42 Å². The van der Waals surface area contributed by atoms with E-state index in [0.29, 0.717) is 24.0 Å². The molecule has 0 unspecified atom stereocenters. The molecule has 0 spiro atoms. The normalized spacial score (nSPS) is 10.4. The molecular formula is C19H17FN2O2. The molecule has 3 aromatic rings. The van der Waals surface area contributed by atoms with E-state index in [1.165, 1.54) is 17.7 Å². The van der Waals surface area contributed by atoms with E-state index in [4.69, 9.17) is 9.47 Å². The van der Waals surface area contributed by atoms with Crippen LogP contribution in [-0.4, -0.2) is 16.6 Å². The predicted molar refractivity (Wildman–Crippen MR) is 88.8 cm³/mol. The molecule has 0 aliphatic carbocycles. The molecule has 3 rings (SSSR count). The Morgan fingerprint density at radius 2 is 1.83 bits per heavy atom. The van der Waals surface area contributed by atoms with E-state index in [9.17, 15) is 4.39 Å². The molecule has 0 atom stereocenters. The molecule has 0 fully saturated rings. The summed E-state index contributed by atoms with van der Waals surface area (Å²) in [4.78, 5) is 8.16. The van der Waals surface area contributed by atoms with Gasteiger partial charge < -0.3 is 9.47 Å². The highest BCUT2D eigenvalue weighted by molar-refractivity contribution is 5.37. The van der Waals surface area contributed by atoms with Gasteiger partial charge in [0.2, 0.25) is 0 Å². The van der Waals surface area contributed by atoms with Crippen LogP contribution in [0.1, 0.15) is 12.0 Å². The number of ether oxygens (including phenoxy) is 2. The summed E-state index contributed by atoms with van der Waals surface area (Å²) in [5.41, 5.74) is 1.22. The monoisotopic (exact) mass is 324 g/mol. The van der Waals surface area contributed by atoms with Gasteiger partial charge in [0.15, 0.2) is 5.75 Å². The summed E-state index contributed by atoms with van der Waals surface area (Å²) in [6.45, 7) is 0.535. The molecule has 0 saturated heterocycles. The fourth-order valence-corrected chi connectivity index (χ4v) is 2.21. The molecular weight excluding hydrogens is 307 g/mol. The third-order valence-corrected chi connectivity index (χ3v) is 3.36. The molecule has 0 saturated carbocycles. The Bertz CT molecular complexity index is 781. The Kier molecular flexibility index (Phi) is 5.35. The number of aromatic nitrogens is 2.